The second-order valence-corrected chi connectivity index (χ2v) is 2.53. The Morgan fingerprint density at radius 3 is 2.71 bits per heavy atom. The maximum absolute atomic E-state index is 13.1. The van der Waals surface area contributed by atoms with Crippen LogP contribution < -0.4 is 5.73 Å². The van der Waals surface area contributed by atoms with E-state index in [0.29, 0.717) is 0 Å². The standard InChI is InChI=1S/C8H6F3N3/c9-5-6(13)4(1-2-12)3-14-7(5)8(10)11/h3,8H,1H2,(H2,13,14). The summed E-state index contributed by atoms with van der Waals surface area (Å²) in [6.45, 7) is 0. The fourth-order valence-electron chi connectivity index (χ4n) is 0.931. The van der Waals surface area contributed by atoms with Crippen LogP contribution in [0.5, 0.6) is 0 Å². The van der Waals surface area contributed by atoms with Gasteiger partial charge in [-0.05, 0) is 0 Å². The highest BCUT2D eigenvalue weighted by molar-refractivity contribution is 5.49. The number of anilines is 1. The minimum atomic E-state index is -3.01. The van der Waals surface area contributed by atoms with Crippen LogP contribution in [0.15, 0.2) is 6.20 Å². The van der Waals surface area contributed by atoms with E-state index in [4.69, 9.17) is 11.0 Å². The number of nitriles is 1. The third-order valence-electron chi connectivity index (χ3n) is 1.64. The summed E-state index contributed by atoms with van der Waals surface area (Å²) < 4.78 is 37.3. The summed E-state index contributed by atoms with van der Waals surface area (Å²) >= 11 is 0. The van der Waals surface area contributed by atoms with E-state index in [1.807, 2.05) is 0 Å². The van der Waals surface area contributed by atoms with Crippen molar-refractivity contribution in [3.63, 3.8) is 0 Å². The van der Waals surface area contributed by atoms with Crippen molar-refractivity contribution in [1.82, 2.24) is 4.98 Å². The van der Waals surface area contributed by atoms with E-state index in [0.717, 1.165) is 6.20 Å². The monoisotopic (exact) mass is 201 g/mol. The first kappa shape index (κ1) is 10.3. The van der Waals surface area contributed by atoms with E-state index in [2.05, 4.69) is 4.98 Å². The minimum absolute atomic E-state index is 0.120. The molecule has 1 aromatic rings. The van der Waals surface area contributed by atoms with Gasteiger partial charge in [-0.2, -0.15) is 5.26 Å². The molecule has 0 bridgehead atoms. The lowest BCUT2D eigenvalue weighted by Crippen LogP contribution is -2.04. The number of rotatable bonds is 2. The average Bonchev–Trinajstić information content (AvgIpc) is 2.13. The molecule has 14 heavy (non-hydrogen) atoms. The summed E-state index contributed by atoms with van der Waals surface area (Å²) in [5.41, 5.74) is 3.91. The van der Waals surface area contributed by atoms with Crippen LogP contribution in [0.4, 0.5) is 18.9 Å². The number of alkyl halides is 2. The predicted octanol–water partition coefficient (Wildman–Crippen LogP) is 1.81. The van der Waals surface area contributed by atoms with Crippen molar-refractivity contribution in [2.45, 2.75) is 12.8 Å². The summed E-state index contributed by atoms with van der Waals surface area (Å²) in [7, 11) is 0. The molecule has 0 radical (unpaired) electrons. The Bertz CT molecular complexity index is 384. The Balaban J connectivity index is 3.20. The quantitative estimate of drug-likeness (QED) is 0.793. The van der Waals surface area contributed by atoms with E-state index >= 15 is 0 Å². The van der Waals surface area contributed by atoms with E-state index in [1.54, 1.807) is 6.07 Å². The lowest BCUT2D eigenvalue weighted by Gasteiger charge is -2.06. The fourth-order valence-corrected chi connectivity index (χ4v) is 0.931. The Kier molecular flexibility index (Phi) is 2.92. The fraction of sp³-hybridized carbons (Fsp3) is 0.250. The van der Waals surface area contributed by atoms with Gasteiger partial charge in [0.15, 0.2) is 5.82 Å². The number of pyridine rings is 1. The Labute approximate surface area is 78.0 Å². The van der Waals surface area contributed by atoms with Crippen molar-refractivity contribution in [1.29, 1.82) is 5.26 Å². The smallest absolute Gasteiger partial charge is 0.283 e. The summed E-state index contributed by atoms with van der Waals surface area (Å²) in [6, 6.07) is 1.73. The molecule has 0 spiro atoms. The number of nitrogens with zero attached hydrogens (tertiary/aromatic N) is 2. The van der Waals surface area contributed by atoms with Gasteiger partial charge in [-0.15, -0.1) is 0 Å². The molecule has 0 aliphatic heterocycles. The average molecular weight is 201 g/mol. The molecule has 2 N–H and O–H groups in total. The number of hydrogen-bond acceptors (Lipinski definition) is 3. The Hall–Kier alpha value is -1.77. The number of aromatic nitrogens is 1. The maximum atomic E-state index is 13.1. The molecule has 0 aliphatic rings. The van der Waals surface area contributed by atoms with Gasteiger partial charge in [0.25, 0.3) is 6.43 Å². The van der Waals surface area contributed by atoms with E-state index < -0.39 is 23.6 Å². The van der Waals surface area contributed by atoms with Crippen LogP contribution in [0.1, 0.15) is 17.7 Å². The summed E-state index contributed by atoms with van der Waals surface area (Å²) in [6.07, 6.45) is -2.17. The van der Waals surface area contributed by atoms with Crippen LogP contribution in [0.3, 0.4) is 0 Å². The van der Waals surface area contributed by atoms with Gasteiger partial charge in [0, 0.05) is 11.8 Å². The molecule has 0 aromatic carbocycles. The molecule has 1 heterocycles. The van der Waals surface area contributed by atoms with Crippen LogP contribution in [0, 0.1) is 17.1 Å². The third-order valence-corrected chi connectivity index (χ3v) is 1.64. The van der Waals surface area contributed by atoms with Gasteiger partial charge in [-0.1, -0.05) is 0 Å². The predicted molar refractivity (Wildman–Crippen MR) is 42.9 cm³/mol. The van der Waals surface area contributed by atoms with Crippen LogP contribution in [-0.2, 0) is 6.42 Å². The molecule has 0 atom stereocenters. The Morgan fingerprint density at radius 1 is 1.57 bits per heavy atom. The zero-order chi connectivity index (χ0) is 10.7. The summed E-state index contributed by atoms with van der Waals surface area (Å²) in [5, 5.41) is 8.31. The molecule has 6 heteroatoms. The molecule has 0 fully saturated rings. The van der Waals surface area contributed by atoms with Crippen LogP contribution in [-0.4, -0.2) is 4.98 Å². The van der Waals surface area contributed by atoms with Crippen molar-refractivity contribution in [2.75, 3.05) is 5.73 Å². The van der Waals surface area contributed by atoms with Crippen molar-refractivity contribution in [3.8, 4) is 6.07 Å². The highest BCUT2D eigenvalue weighted by atomic mass is 19.3. The molecule has 0 saturated heterocycles. The molecular formula is C8H6F3N3. The van der Waals surface area contributed by atoms with E-state index in [-0.39, 0.29) is 12.0 Å². The van der Waals surface area contributed by atoms with Crippen molar-refractivity contribution in [2.24, 2.45) is 0 Å². The van der Waals surface area contributed by atoms with Crippen LogP contribution in [0.2, 0.25) is 0 Å². The SMILES string of the molecule is N#CCc1cnc(C(F)F)c(F)c1N. The maximum Gasteiger partial charge on any atom is 0.283 e. The minimum Gasteiger partial charge on any atom is -0.396 e. The summed E-state index contributed by atoms with van der Waals surface area (Å²) in [4.78, 5) is 3.20. The molecule has 74 valence electrons. The van der Waals surface area contributed by atoms with Gasteiger partial charge in [0.1, 0.15) is 5.69 Å². The highest BCUT2D eigenvalue weighted by Gasteiger charge is 2.19. The Morgan fingerprint density at radius 2 is 2.21 bits per heavy atom. The molecule has 0 amide bonds. The molecule has 3 nitrogen and oxygen atoms in total. The lowest BCUT2D eigenvalue weighted by molar-refractivity contribution is 0.140. The topological polar surface area (TPSA) is 62.7 Å². The van der Waals surface area contributed by atoms with E-state index in [1.165, 1.54) is 0 Å². The lowest BCUT2D eigenvalue weighted by atomic mass is 10.1. The zero-order valence-electron chi connectivity index (χ0n) is 6.97. The largest absolute Gasteiger partial charge is 0.396 e. The van der Waals surface area contributed by atoms with Gasteiger partial charge < -0.3 is 5.73 Å². The second-order valence-electron chi connectivity index (χ2n) is 2.53. The molecule has 0 unspecified atom stereocenters. The normalized spacial score (nSPS) is 10.2. The molecule has 0 saturated carbocycles. The first-order valence-corrected chi connectivity index (χ1v) is 3.65. The van der Waals surface area contributed by atoms with Crippen molar-refractivity contribution in [3.05, 3.63) is 23.3 Å². The zero-order valence-corrected chi connectivity index (χ0v) is 6.97. The number of nitrogen functional groups attached to an aromatic ring is 1. The van der Waals surface area contributed by atoms with Crippen molar-refractivity contribution < 1.29 is 13.2 Å². The number of nitrogens with two attached hydrogens (primary N) is 1. The van der Waals surface area contributed by atoms with Gasteiger partial charge in [0.05, 0.1) is 18.2 Å². The third kappa shape index (κ3) is 1.76. The number of hydrogen-bond donors (Lipinski definition) is 1. The van der Waals surface area contributed by atoms with Gasteiger partial charge in [-0.25, -0.2) is 13.2 Å². The molecule has 0 aliphatic carbocycles. The van der Waals surface area contributed by atoms with Gasteiger partial charge >= 0.3 is 0 Å². The first-order chi connectivity index (χ1) is 6.57. The van der Waals surface area contributed by atoms with Crippen LogP contribution in [0.25, 0.3) is 0 Å². The van der Waals surface area contributed by atoms with Crippen LogP contribution >= 0.6 is 0 Å². The first-order valence-electron chi connectivity index (χ1n) is 3.65. The van der Waals surface area contributed by atoms with Crippen molar-refractivity contribution >= 4 is 5.69 Å². The highest BCUT2D eigenvalue weighted by Crippen LogP contribution is 2.25. The van der Waals surface area contributed by atoms with Gasteiger partial charge in [-0.3, -0.25) is 4.98 Å². The van der Waals surface area contributed by atoms with E-state index in [9.17, 15) is 13.2 Å². The van der Waals surface area contributed by atoms with Gasteiger partial charge in [0.2, 0.25) is 0 Å². The molecule has 1 rings (SSSR count). The number of halogens is 3. The molecule has 1 aromatic heterocycles. The molecular weight excluding hydrogens is 195 g/mol. The summed E-state index contributed by atoms with van der Waals surface area (Å²) in [5.74, 6) is -1.24. The second kappa shape index (κ2) is 3.96.